The van der Waals surface area contributed by atoms with Gasteiger partial charge in [-0.3, -0.25) is 4.79 Å². The molecule has 1 heterocycles. The molecule has 0 radical (unpaired) electrons. The lowest BCUT2D eigenvalue weighted by Crippen LogP contribution is -2.39. The van der Waals surface area contributed by atoms with Gasteiger partial charge in [-0.25, -0.2) is 8.42 Å². The topological polar surface area (TPSA) is 84.9 Å². The molecule has 1 aliphatic rings. The summed E-state index contributed by atoms with van der Waals surface area (Å²) < 4.78 is 32.6. The smallest absolute Gasteiger partial charge is 0.329 e. The minimum absolute atomic E-state index is 0.0860. The SMILES string of the molecule is CCCCN(OC(=O)C1CCNCC1)S(=O)(=O)c1ccc(OCCC(C)C)cc1. The van der Waals surface area contributed by atoms with Gasteiger partial charge in [0.05, 0.1) is 24.0 Å². The number of hydrogen-bond donors (Lipinski definition) is 1. The Morgan fingerprint density at radius 3 is 2.45 bits per heavy atom. The molecule has 1 aromatic rings. The maximum absolute atomic E-state index is 13.1. The van der Waals surface area contributed by atoms with Crippen LogP contribution in [0, 0.1) is 11.8 Å². The van der Waals surface area contributed by atoms with E-state index in [9.17, 15) is 13.2 Å². The fourth-order valence-electron chi connectivity index (χ4n) is 2.97. The van der Waals surface area contributed by atoms with E-state index in [2.05, 4.69) is 19.2 Å². The lowest BCUT2D eigenvalue weighted by atomic mass is 9.99. The Morgan fingerprint density at radius 1 is 1.21 bits per heavy atom. The van der Waals surface area contributed by atoms with Crippen LogP contribution in [0.4, 0.5) is 0 Å². The number of carbonyl (C=O) groups excluding carboxylic acids is 1. The maximum Gasteiger partial charge on any atom is 0.329 e. The predicted octanol–water partition coefficient (Wildman–Crippen LogP) is 3.36. The summed E-state index contributed by atoms with van der Waals surface area (Å²) in [5.41, 5.74) is 0. The van der Waals surface area contributed by atoms with E-state index in [1.165, 1.54) is 12.1 Å². The molecule has 0 aliphatic carbocycles. The quantitative estimate of drug-likeness (QED) is 0.546. The van der Waals surface area contributed by atoms with Gasteiger partial charge in [0.25, 0.3) is 10.0 Å². The van der Waals surface area contributed by atoms with Crippen LogP contribution in [0.3, 0.4) is 0 Å². The van der Waals surface area contributed by atoms with Gasteiger partial charge in [-0.15, -0.1) is 0 Å². The molecule has 29 heavy (non-hydrogen) atoms. The Hall–Kier alpha value is -1.64. The Bertz CT molecular complexity index is 728. The van der Waals surface area contributed by atoms with Crippen LogP contribution in [0.25, 0.3) is 0 Å². The molecule has 7 nitrogen and oxygen atoms in total. The molecule has 1 N–H and O–H groups in total. The van der Waals surface area contributed by atoms with Gasteiger partial charge in [0, 0.05) is 0 Å². The molecule has 0 atom stereocenters. The number of nitrogens with zero attached hydrogens (tertiary/aromatic N) is 1. The summed E-state index contributed by atoms with van der Waals surface area (Å²) in [7, 11) is -3.94. The molecule has 2 rings (SSSR count). The Kier molecular flexibility index (Phi) is 9.39. The normalized spacial score (nSPS) is 15.6. The van der Waals surface area contributed by atoms with Crippen molar-refractivity contribution in [3.63, 3.8) is 0 Å². The number of nitrogens with one attached hydrogen (secondary N) is 1. The van der Waals surface area contributed by atoms with E-state index in [0.29, 0.717) is 37.5 Å². The van der Waals surface area contributed by atoms with Gasteiger partial charge >= 0.3 is 5.97 Å². The monoisotopic (exact) mass is 426 g/mol. The van der Waals surface area contributed by atoms with Crippen molar-refractivity contribution in [2.45, 2.75) is 57.8 Å². The average Bonchev–Trinajstić information content (AvgIpc) is 2.71. The first-order valence-electron chi connectivity index (χ1n) is 10.5. The highest BCUT2D eigenvalue weighted by Crippen LogP contribution is 2.23. The largest absolute Gasteiger partial charge is 0.494 e. The molecule has 1 aliphatic heterocycles. The van der Waals surface area contributed by atoms with E-state index in [1.807, 2.05) is 6.92 Å². The van der Waals surface area contributed by atoms with Gasteiger partial charge in [0.1, 0.15) is 5.75 Å². The Labute approximate surface area is 174 Å². The third-order valence-corrected chi connectivity index (χ3v) is 6.57. The fourth-order valence-corrected chi connectivity index (χ4v) is 4.23. The second-order valence-corrected chi connectivity index (χ2v) is 9.65. The van der Waals surface area contributed by atoms with Gasteiger partial charge in [0.15, 0.2) is 0 Å². The van der Waals surface area contributed by atoms with Crippen molar-refractivity contribution < 1.29 is 22.8 Å². The van der Waals surface area contributed by atoms with Gasteiger partial charge in [-0.1, -0.05) is 27.2 Å². The second-order valence-electron chi connectivity index (χ2n) is 7.82. The summed E-state index contributed by atoms with van der Waals surface area (Å²) in [4.78, 5) is 18.0. The molecule has 1 fully saturated rings. The van der Waals surface area contributed by atoms with Crippen LogP contribution in [-0.4, -0.2) is 45.1 Å². The number of benzene rings is 1. The van der Waals surface area contributed by atoms with Crippen molar-refractivity contribution in [2.24, 2.45) is 11.8 Å². The van der Waals surface area contributed by atoms with Crippen molar-refractivity contribution in [1.29, 1.82) is 0 Å². The lowest BCUT2D eigenvalue weighted by Gasteiger charge is -2.25. The number of ether oxygens (including phenoxy) is 1. The summed E-state index contributed by atoms with van der Waals surface area (Å²) in [6, 6.07) is 6.27. The van der Waals surface area contributed by atoms with E-state index < -0.39 is 16.0 Å². The first-order valence-corrected chi connectivity index (χ1v) is 12.0. The number of carbonyl (C=O) groups is 1. The molecule has 0 saturated carbocycles. The maximum atomic E-state index is 13.1. The van der Waals surface area contributed by atoms with Gasteiger partial charge < -0.3 is 14.9 Å². The molecule has 0 bridgehead atoms. The van der Waals surface area contributed by atoms with E-state index in [-0.39, 0.29) is 17.4 Å². The van der Waals surface area contributed by atoms with Crippen LogP contribution in [-0.2, 0) is 19.7 Å². The number of hydroxylamine groups is 1. The van der Waals surface area contributed by atoms with Crippen LogP contribution in [0.1, 0.15) is 52.9 Å². The molecular weight excluding hydrogens is 392 g/mol. The van der Waals surface area contributed by atoms with Crippen LogP contribution in [0.15, 0.2) is 29.2 Å². The molecule has 0 unspecified atom stereocenters. The zero-order valence-electron chi connectivity index (χ0n) is 17.7. The third-order valence-electron chi connectivity index (χ3n) is 4.91. The highest BCUT2D eigenvalue weighted by Gasteiger charge is 2.31. The van der Waals surface area contributed by atoms with Gasteiger partial charge in [-0.2, -0.15) is 0 Å². The molecule has 8 heteroatoms. The lowest BCUT2D eigenvalue weighted by molar-refractivity contribution is -0.175. The number of sulfonamides is 1. The van der Waals surface area contributed by atoms with Crippen molar-refractivity contribution in [3.8, 4) is 5.75 Å². The standard InChI is InChI=1S/C21H34N2O5S/c1-4-5-15-23(28-21(24)18-10-13-22-14-11-18)29(25,26)20-8-6-19(7-9-20)27-16-12-17(2)3/h6-9,17-18,22H,4-5,10-16H2,1-3H3. The highest BCUT2D eigenvalue weighted by atomic mass is 32.2. The number of unbranched alkanes of at least 4 members (excludes halogenated alkanes) is 1. The van der Waals surface area contributed by atoms with E-state index in [1.54, 1.807) is 12.1 Å². The van der Waals surface area contributed by atoms with Crippen molar-refractivity contribution in [3.05, 3.63) is 24.3 Å². The molecular formula is C21H34N2O5S. The number of rotatable bonds is 11. The predicted molar refractivity (Wildman–Crippen MR) is 112 cm³/mol. The summed E-state index contributed by atoms with van der Waals surface area (Å²) in [5.74, 6) is 0.417. The summed E-state index contributed by atoms with van der Waals surface area (Å²) in [6.45, 7) is 8.40. The summed E-state index contributed by atoms with van der Waals surface area (Å²) >= 11 is 0. The fraction of sp³-hybridized carbons (Fsp3) is 0.667. The first kappa shape index (κ1) is 23.6. The van der Waals surface area contributed by atoms with Crippen molar-refractivity contribution in [1.82, 2.24) is 9.79 Å². The first-order chi connectivity index (χ1) is 13.8. The Morgan fingerprint density at radius 2 is 1.86 bits per heavy atom. The number of hydrogen-bond acceptors (Lipinski definition) is 6. The van der Waals surface area contributed by atoms with Gasteiger partial charge in [-0.05, 0) is 73.4 Å². The van der Waals surface area contributed by atoms with E-state index in [4.69, 9.17) is 9.57 Å². The van der Waals surface area contributed by atoms with Gasteiger partial charge in [0.2, 0.25) is 0 Å². The van der Waals surface area contributed by atoms with Crippen LogP contribution >= 0.6 is 0 Å². The summed E-state index contributed by atoms with van der Waals surface area (Å²) in [5, 5.41) is 3.19. The van der Waals surface area contributed by atoms with Crippen LogP contribution in [0.5, 0.6) is 5.75 Å². The highest BCUT2D eigenvalue weighted by molar-refractivity contribution is 7.89. The zero-order chi connectivity index (χ0) is 21.3. The van der Waals surface area contributed by atoms with Crippen LogP contribution < -0.4 is 10.1 Å². The zero-order valence-corrected chi connectivity index (χ0v) is 18.5. The molecule has 1 saturated heterocycles. The van der Waals surface area contributed by atoms with E-state index in [0.717, 1.165) is 30.4 Å². The molecule has 0 spiro atoms. The van der Waals surface area contributed by atoms with Crippen molar-refractivity contribution >= 4 is 16.0 Å². The van der Waals surface area contributed by atoms with E-state index >= 15 is 0 Å². The van der Waals surface area contributed by atoms with Crippen molar-refractivity contribution in [2.75, 3.05) is 26.2 Å². The summed E-state index contributed by atoms with van der Waals surface area (Å²) in [6.07, 6.45) is 3.64. The molecule has 0 aromatic heterocycles. The minimum Gasteiger partial charge on any atom is -0.494 e. The van der Waals surface area contributed by atoms with Crippen LogP contribution in [0.2, 0.25) is 0 Å². The average molecular weight is 427 g/mol. The molecule has 1 aromatic carbocycles. The second kappa shape index (κ2) is 11.5. The third kappa shape index (κ3) is 7.28. The number of piperidine rings is 1. The Balaban J connectivity index is 2.08. The molecule has 0 amide bonds. The minimum atomic E-state index is -3.94. The molecule has 164 valence electrons.